The lowest BCUT2D eigenvalue weighted by Crippen LogP contribution is -2.47. The van der Waals surface area contributed by atoms with E-state index in [9.17, 15) is 14.4 Å². The maximum absolute atomic E-state index is 12.9. The number of ether oxygens (including phenoxy) is 3. The first kappa shape index (κ1) is 23.4. The van der Waals surface area contributed by atoms with E-state index in [1.165, 1.54) is 0 Å². The predicted molar refractivity (Wildman–Crippen MR) is 102 cm³/mol. The molecule has 1 saturated carbocycles. The van der Waals surface area contributed by atoms with Crippen molar-refractivity contribution in [3.8, 4) is 0 Å². The van der Waals surface area contributed by atoms with E-state index in [1.807, 2.05) is 0 Å². The highest BCUT2D eigenvalue weighted by atomic mass is 16.6. The molecule has 0 amide bonds. The van der Waals surface area contributed by atoms with Crippen LogP contribution in [0.2, 0.25) is 0 Å². The number of carbonyl (C=O) groups excluding carboxylic acids is 3. The van der Waals surface area contributed by atoms with Gasteiger partial charge in [0.15, 0.2) is 0 Å². The van der Waals surface area contributed by atoms with Crippen LogP contribution in [0.3, 0.4) is 0 Å². The van der Waals surface area contributed by atoms with E-state index >= 15 is 0 Å². The van der Waals surface area contributed by atoms with E-state index in [4.69, 9.17) is 14.2 Å². The van der Waals surface area contributed by atoms with Gasteiger partial charge in [-0.25, -0.2) is 0 Å². The van der Waals surface area contributed by atoms with Crippen LogP contribution in [-0.2, 0) is 28.6 Å². The van der Waals surface area contributed by atoms with Crippen molar-refractivity contribution in [2.75, 3.05) is 0 Å². The molecule has 6 nitrogen and oxygen atoms in total. The normalized spacial score (nSPS) is 24.1. The van der Waals surface area contributed by atoms with E-state index in [0.717, 1.165) is 0 Å². The molecule has 6 heteroatoms. The smallest absolute Gasteiger partial charge is 0.311 e. The summed E-state index contributed by atoms with van der Waals surface area (Å²) < 4.78 is 16.6. The zero-order valence-electron chi connectivity index (χ0n) is 18.3. The standard InChI is InChI=1S/C21H36O6/c1-19(2,3)25-16(22)13-11-10-12-14(17(23)26-20(4,5)6)15(13)18(24)27-21(7,8)9/h13-15H,10-12H2,1-9H3. The van der Waals surface area contributed by atoms with Crippen LogP contribution in [0.4, 0.5) is 0 Å². The number of rotatable bonds is 3. The summed E-state index contributed by atoms with van der Waals surface area (Å²) in [6, 6.07) is 0. The second-order valence-corrected chi connectivity index (χ2v) is 10.3. The van der Waals surface area contributed by atoms with Gasteiger partial charge >= 0.3 is 17.9 Å². The van der Waals surface area contributed by atoms with Crippen LogP contribution in [0.15, 0.2) is 0 Å². The van der Waals surface area contributed by atoms with Gasteiger partial charge in [-0.15, -0.1) is 0 Å². The fraction of sp³-hybridized carbons (Fsp3) is 0.857. The summed E-state index contributed by atoms with van der Waals surface area (Å²) in [4.78, 5) is 38.5. The monoisotopic (exact) mass is 384 g/mol. The van der Waals surface area contributed by atoms with Gasteiger partial charge in [-0.05, 0) is 75.2 Å². The van der Waals surface area contributed by atoms with Gasteiger partial charge in [0.05, 0.1) is 17.8 Å². The second kappa shape index (κ2) is 8.19. The van der Waals surface area contributed by atoms with Crippen molar-refractivity contribution in [3.63, 3.8) is 0 Å². The highest BCUT2D eigenvalue weighted by molar-refractivity contribution is 5.88. The topological polar surface area (TPSA) is 78.9 Å². The molecule has 0 spiro atoms. The van der Waals surface area contributed by atoms with E-state index in [0.29, 0.717) is 19.3 Å². The molecular formula is C21H36O6. The predicted octanol–water partition coefficient (Wildman–Crippen LogP) is 4.04. The summed E-state index contributed by atoms with van der Waals surface area (Å²) in [5.41, 5.74) is -2.06. The summed E-state index contributed by atoms with van der Waals surface area (Å²) >= 11 is 0. The molecule has 0 heterocycles. The Kier molecular flexibility index (Phi) is 7.11. The van der Waals surface area contributed by atoms with Gasteiger partial charge in [0.1, 0.15) is 16.8 Å². The Hall–Kier alpha value is -1.59. The van der Waals surface area contributed by atoms with Crippen LogP contribution >= 0.6 is 0 Å². The molecule has 1 aliphatic carbocycles. The molecule has 2 unspecified atom stereocenters. The number of carbonyl (C=O) groups is 3. The average Bonchev–Trinajstić information content (AvgIpc) is 2.40. The van der Waals surface area contributed by atoms with Crippen LogP contribution < -0.4 is 0 Å². The Morgan fingerprint density at radius 3 is 1.19 bits per heavy atom. The molecule has 0 aromatic heterocycles. The molecule has 0 aromatic rings. The number of hydrogen-bond donors (Lipinski definition) is 0. The second-order valence-electron chi connectivity index (χ2n) is 10.3. The maximum Gasteiger partial charge on any atom is 0.311 e. The van der Waals surface area contributed by atoms with Crippen LogP contribution in [0, 0.1) is 17.8 Å². The third-order valence-corrected chi connectivity index (χ3v) is 4.00. The quantitative estimate of drug-likeness (QED) is 0.540. The van der Waals surface area contributed by atoms with Gasteiger partial charge in [0, 0.05) is 0 Å². The number of hydrogen-bond acceptors (Lipinski definition) is 6. The SMILES string of the molecule is CC(C)(C)OC(=O)C1CCCC(C(=O)OC(C)(C)C)C1C(=O)OC(C)(C)C. The minimum Gasteiger partial charge on any atom is -0.460 e. The zero-order chi connectivity index (χ0) is 21.2. The van der Waals surface area contributed by atoms with Crippen LogP contribution in [0.5, 0.6) is 0 Å². The Morgan fingerprint density at radius 1 is 0.593 bits per heavy atom. The van der Waals surface area contributed by atoms with Crippen molar-refractivity contribution in [1.29, 1.82) is 0 Å². The first-order valence-corrected chi connectivity index (χ1v) is 9.69. The summed E-state index contributed by atoms with van der Waals surface area (Å²) in [6.45, 7) is 16.0. The first-order valence-electron chi connectivity index (χ1n) is 9.69. The average molecular weight is 385 g/mol. The fourth-order valence-electron chi connectivity index (χ4n) is 3.18. The van der Waals surface area contributed by atoms with E-state index in [-0.39, 0.29) is 0 Å². The molecule has 156 valence electrons. The van der Waals surface area contributed by atoms with Crippen molar-refractivity contribution in [2.45, 2.75) is 98.4 Å². The number of esters is 3. The van der Waals surface area contributed by atoms with Crippen molar-refractivity contribution < 1.29 is 28.6 Å². The lowest BCUT2D eigenvalue weighted by atomic mass is 9.71. The summed E-state index contributed by atoms with van der Waals surface area (Å²) in [5, 5.41) is 0. The van der Waals surface area contributed by atoms with E-state index < -0.39 is 52.5 Å². The highest BCUT2D eigenvalue weighted by Gasteiger charge is 2.49. The van der Waals surface area contributed by atoms with Gasteiger partial charge in [0.25, 0.3) is 0 Å². The van der Waals surface area contributed by atoms with E-state index in [2.05, 4.69) is 0 Å². The third-order valence-electron chi connectivity index (χ3n) is 4.00. The van der Waals surface area contributed by atoms with Crippen LogP contribution in [-0.4, -0.2) is 34.7 Å². The molecule has 0 aliphatic heterocycles. The molecule has 0 N–H and O–H groups in total. The van der Waals surface area contributed by atoms with Gasteiger partial charge < -0.3 is 14.2 Å². The van der Waals surface area contributed by atoms with Crippen LogP contribution in [0.1, 0.15) is 81.6 Å². The van der Waals surface area contributed by atoms with Crippen molar-refractivity contribution >= 4 is 17.9 Å². The Balaban J connectivity index is 3.18. The minimum absolute atomic E-state index is 0.466. The lowest BCUT2D eigenvalue weighted by Gasteiger charge is -2.37. The molecule has 27 heavy (non-hydrogen) atoms. The largest absolute Gasteiger partial charge is 0.460 e. The van der Waals surface area contributed by atoms with Gasteiger partial charge in [-0.1, -0.05) is 6.42 Å². The molecule has 1 fully saturated rings. The van der Waals surface area contributed by atoms with Crippen molar-refractivity contribution in [3.05, 3.63) is 0 Å². The fourth-order valence-corrected chi connectivity index (χ4v) is 3.18. The van der Waals surface area contributed by atoms with Gasteiger partial charge in [-0.2, -0.15) is 0 Å². The van der Waals surface area contributed by atoms with Crippen LogP contribution in [0.25, 0.3) is 0 Å². The van der Waals surface area contributed by atoms with Crippen molar-refractivity contribution in [1.82, 2.24) is 0 Å². The van der Waals surface area contributed by atoms with Gasteiger partial charge in [-0.3, -0.25) is 14.4 Å². The minimum atomic E-state index is -0.900. The Morgan fingerprint density at radius 2 is 0.889 bits per heavy atom. The third kappa shape index (κ3) is 7.89. The molecule has 2 atom stereocenters. The molecule has 0 aromatic carbocycles. The highest BCUT2D eigenvalue weighted by Crippen LogP contribution is 2.39. The maximum atomic E-state index is 12.9. The van der Waals surface area contributed by atoms with E-state index in [1.54, 1.807) is 62.3 Å². The summed E-state index contributed by atoms with van der Waals surface area (Å²) in [7, 11) is 0. The molecule has 0 saturated heterocycles. The molecule has 1 aliphatic rings. The first-order chi connectivity index (χ1) is 12.0. The molecule has 1 rings (SSSR count). The Labute approximate surface area is 163 Å². The lowest BCUT2D eigenvalue weighted by molar-refractivity contribution is -0.185. The Bertz CT molecular complexity index is 523. The van der Waals surface area contributed by atoms with Gasteiger partial charge in [0.2, 0.25) is 0 Å². The van der Waals surface area contributed by atoms with Crippen molar-refractivity contribution in [2.24, 2.45) is 17.8 Å². The molecular weight excluding hydrogens is 348 g/mol. The summed E-state index contributed by atoms with van der Waals surface area (Å²) in [6.07, 6.45) is 1.61. The zero-order valence-corrected chi connectivity index (χ0v) is 18.3. The summed E-state index contributed by atoms with van der Waals surface area (Å²) in [5.74, 6) is -3.81. The molecule has 0 radical (unpaired) electrons. The molecule has 0 bridgehead atoms.